The summed E-state index contributed by atoms with van der Waals surface area (Å²) in [6.07, 6.45) is 3.06. The van der Waals surface area contributed by atoms with Crippen molar-refractivity contribution in [3.05, 3.63) is 52.2 Å². The Morgan fingerprint density at radius 1 is 1.26 bits per heavy atom. The number of hydrogen-bond acceptors (Lipinski definition) is 4. The number of nitrogens with zero attached hydrogens (tertiary/aromatic N) is 3. The minimum Gasteiger partial charge on any atom is -0.352 e. The normalized spacial score (nSPS) is 14.2. The molecular weight excluding hydrogens is 341 g/mol. The van der Waals surface area contributed by atoms with Crippen LogP contribution in [0.5, 0.6) is 0 Å². The van der Waals surface area contributed by atoms with Crippen LogP contribution in [0.4, 0.5) is 10.2 Å². The second-order valence-electron chi connectivity index (χ2n) is 8.75. The molecule has 0 saturated carbocycles. The van der Waals surface area contributed by atoms with E-state index in [1.807, 2.05) is 19.9 Å². The second-order valence-corrected chi connectivity index (χ2v) is 8.75. The van der Waals surface area contributed by atoms with Crippen LogP contribution in [0.3, 0.4) is 0 Å². The van der Waals surface area contributed by atoms with E-state index in [0.717, 1.165) is 46.9 Å². The maximum Gasteiger partial charge on any atom is 0.141 e. The minimum atomic E-state index is -0.302. The number of pyridine rings is 2. The van der Waals surface area contributed by atoms with Crippen molar-refractivity contribution in [2.24, 2.45) is 5.41 Å². The van der Waals surface area contributed by atoms with Crippen molar-refractivity contribution in [1.29, 1.82) is 0 Å². The van der Waals surface area contributed by atoms with E-state index < -0.39 is 0 Å². The summed E-state index contributed by atoms with van der Waals surface area (Å²) in [7, 11) is 0. The highest BCUT2D eigenvalue weighted by Gasteiger charge is 2.22. The zero-order chi connectivity index (χ0) is 19.8. The van der Waals surface area contributed by atoms with Gasteiger partial charge in [-0.3, -0.25) is 9.78 Å². The van der Waals surface area contributed by atoms with Crippen molar-refractivity contribution in [2.45, 2.75) is 60.4 Å². The van der Waals surface area contributed by atoms with Gasteiger partial charge in [0.25, 0.3) is 0 Å². The highest BCUT2D eigenvalue weighted by Crippen LogP contribution is 2.27. The van der Waals surface area contributed by atoms with Crippen molar-refractivity contribution in [2.75, 3.05) is 11.4 Å². The lowest BCUT2D eigenvalue weighted by Gasteiger charge is -2.30. The van der Waals surface area contributed by atoms with Crippen LogP contribution in [0.15, 0.2) is 18.3 Å². The summed E-state index contributed by atoms with van der Waals surface area (Å²) in [5.41, 5.74) is 4.89. The number of hydrogen-bond donors (Lipinski definition) is 0. The molecule has 2 aromatic heterocycles. The molecule has 3 heterocycles. The third-order valence-electron chi connectivity index (χ3n) is 4.97. The topological polar surface area (TPSA) is 46.1 Å². The average Bonchev–Trinajstić information content (AvgIpc) is 2.55. The summed E-state index contributed by atoms with van der Waals surface area (Å²) in [6.45, 7) is 11.7. The monoisotopic (exact) mass is 369 g/mol. The van der Waals surface area contributed by atoms with E-state index in [1.54, 1.807) is 6.07 Å². The molecular formula is C22H28FN3O. The Morgan fingerprint density at radius 2 is 2.00 bits per heavy atom. The Labute approximate surface area is 160 Å². The standard InChI is InChI=1S/C22H28FN3O/c1-14-8-21(25-15(2)19(14)10-18(27)11-22(3,4)5)26-7-6-20-16(13-26)9-17(23)12-24-20/h8-9,12H,6-7,10-11,13H2,1-5H3. The van der Waals surface area contributed by atoms with Gasteiger partial charge in [0.1, 0.15) is 17.4 Å². The molecule has 0 N–H and O–H groups in total. The fourth-order valence-corrected chi connectivity index (χ4v) is 3.71. The Bertz CT molecular complexity index is 847. The van der Waals surface area contributed by atoms with Crippen molar-refractivity contribution < 1.29 is 9.18 Å². The zero-order valence-electron chi connectivity index (χ0n) is 16.9. The van der Waals surface area contributed by atoms with Crippen molar-refractivity contribution in [3.63, 3.8) is 0 Å². The lowest BCUT2D eigenvalue weighted by molar-refractivity contribution is -0.120. The molecule has 0 unspecified atom stereocenters. The van der Waals surface area contributed by atoms with Crippen molar-refractivity contribution in [3.8, 4) is 0 Å². The summed E-state index contributed by atoms with van der Waals surface area (Å²) in [5, 5.41) is 0. The number of halogens is 1. The zero-order valence-corrected chi connectivity index (χ0v) is 16.9. The minimum absolute atomic E-state index is 0.00321. The summed E-state index contributed by atoms with van der Waals surface area (Å²) in [5.74, 6) is 0.826. The smallest absolute Gasteiger partial charge is 0.141 e. The third-order valence-corrected chi connectivity index (χ3v) is 4.97. The Hall–Kier alpha value is -2.30. The van der Waals surface area contributed by atoms with Gasteiger partial charge in [-0.05, 0) is 48.1 Å². The fourth-order valence-electron chi connectivity index (χ4n) is 3.71. The molecule has 1 aliphatic heterocycles. The van der Waals surface area contributed by atoms with E-state index in [2.05, 4.69) is 30.7 Å². The predicted octanol–water partition coefficient (Wildman–Crippen LogP) is 4.34. The lowest BCUT2D eigenvalue weighted by atomic mass is 9.87. The number of carbonyl (C=O) groups excluding carboxylic acids is 1. The molecule has 0 aromatic carbocycles. The number of Topliss-reactive ketones (excluding diaryl/α,β-unsaturated/α-hetero) is 1. The number of ketones is 1. The van der Waals surface area contributed by atoms with E-state index in [9.17, 15) is 9.18 Å². The molecule has 0 bridgehead atoms. The number of aromatic nitrogens is 2. The maximum absolute atomic E-state index is 13.5. The first-order chi connectivity index (χ1) is 12.6. The number of rotatable bonds is 4. The van der Waals surface area contributed by atoms with Gasteiger partial charge in [-0.15, -0.1) is 0 Å². The maximum atomic E-state index is 13.5. The highest BCUT2D eigenvalue weighted by molar-refractivity contribution is 5.82. The van der Waals surface area contributed by atoms with Crippen LogP contribution in [0.1, 0.15) is 55.3 Å². The van der Waals surface area contributed by atoms with Gasteiger partial charge in [0.05, 0.1) is 6.20 Å². The van der Waals surface area contributed by atoms with Gasteiger partial charge in [-0.25, -0.2) is 9.37 Å². The van der Waals surface area contributed by atoms with Crippen LogP contribution in [0, 0.1) is 25.1 Å². The van der Waals surface area contributed by atoms with E-state index in [0.29, 0.717) is 19.4 Å². The van der Waals surface area contributed by atoms with Crippen LogP contribution in [-0.4, -0.2) is 22.3 Å². The molecule has 2 aromatic rings. The molecule has 0 spiro atoms. The number of aryl methyl sites for hydroxylation is 2. The quantitative estimate of drug-likeness (QED) is 0.804. The molecule has 0 saturated heterocycles. The SMILES string of the molecule is Cc1cc(N2CCc3ncc(F)cc3C2)nc(C)c1CC(=O)CC(C)(C)C. The van der Waals surface area contributed by atoms with E-state index in [4.69, 9.17) is 4.98 Å². The lowest BCUT2D eigenvalue weighted by Crippen LogP contribution is -2.32. The van der Waals surface area contributed by atoms with Crippen LogP contribution in [-0.2, 0) is 24.2 Å². The van der Waals surface area contributed by atoms with Crippen LogP contribution in [0.2, 0.25) is 0 Å². The summed E-state index contributed by atoms with van der Waals surface area (Å²) in [4.78, 5) is 23.5. The van der Waals surface area contributed by atoms with Gasteiger partial charge in [-0.1, -0.05) is 20.8 Å². The van der Waals surface area contributed by atoms with E-state index in [-0.39, 0.29) is 17.0 Å². The molecule has 0 radical (unpaired) electrons. The molecule has 144 valence electrons. The van der Waals surface area contributed by atoms with Gasteiger partial charge >= 0.3 is 0 Å². The molecule has 0 atom stereocenters. The van der Waals surface area contributed by atoms with E-state index in [1.165, 1.54) is 6.20 Å². The van der Waals surface area contributed by atoms with Gasteiger partial charge in [0, 0.05) is 43.7 Å². The summed E-state index contributed by atoms with van der Waals surface area (Å²) in [6, 6.07) is 3.61. The van der Waals surface area contributed by atoms with Crippen LogP contribution in [0.25, 0.3) is 0 Å². The average molecular weight is 369 g/mol. The summed E-state index contributed by atoms with van der Waals surface area (Å²) >= 11 is 0. The van der Waals surface area contributed by atoms with Crippen LogP contribution >= 0.6 is 0 Å². The number of fused-ring (bicyclic) bond motifs is 1. The molecule has 27 heavy (non-hydrogen) atoms. The molecule has 4 nitrogen and oxygen atoms in total. The van der Waals surface area contributed by atoms with Gasteiger partial charge in [-0.2, -0.15) is 0 Å². The first kappa shape index (κ1) is 19.5. The van der Waals surface area contributed by atoms with E-state index >= 15 is 0 Å². The number of anilines is 1. The van der Waals surface area contributed by atoms with Gasteiger partial charge < -0.3 is 4.90 Å². The molecule has 3 rings (SSSR count). The molecule has 0 aliphatic carbocycles. The second kappa shape index (κ2) is 7.37. The summed E-state index contributed by atoms with van der Waals surface area (Å²) < 4.78 is 13.5. The predicted molar refractivity (Wildman–Crippen MR) is 105 cm³/mol. The first-order valence-corrected chi connectivity index (χ1v) is 9.49. The molecule has 0 fully saturated rings. The first-order valence-electron chi connectivity index (χ1n) is 9.49. The Kier molecular flexibility index (Phi) is 5.31. The molecule has 5 heteroatoms. The Balaban J connectivity index is 1.80. The third kappa shape index (κ3) is 4.71. The van der Waals surface area contributed by atoms with Gasteiger partial charge in [0.15, 0.2) is 0 Å². The van der Waals surface area contributed by atoms with Gasteiger partial charge in [0.2, 0.25) is 0 Å². The number of carbonyl (C=O) groups is 1. The van der Waals surface area contributed by atoms with Crippen molar-refractivity contribution >= 4 is 11.6 Å². The van der Waals surface area contributed by atoms with Crippen LogP contribution < -0.4 is 4.90 Å². The molecule has 1 aliphatic rings. The largest absolute Gasteiger partial charge is 0.352 e. The fraction of sp³-hybridized carbons (Fsp3) is 0.500. The van der Waals surface area contributed by atoms with Crippen molar-refractivity contribution in [1.82, 2.24) is 9.97 Å². The Morgan fingerprint density at radius 3 is 2.67 bits per heavy atom. The molecule has 0 amide bonds. The highest BCUT2D eigenvalue weighted by atomic mass is 19.1.